The molecular formula is C14H26N4O4. The van der Waals surface area contributed by atoms with E-state index in [0.717, 1.165) is 32.8 Å². The number of primary amides is 1. The third-order valence-corrected chi connectivity index (χ3v) is 4.38. The molecule has 8 nitrogen and oxygen atoms in total. The van der Waals surface area contributed by atoms with Gasteiger partial charge in [0.25, 0.3) is 0 Å². The Labute approximate surface area is 130 Å². The van der Waals surface area contributed by atoms with Crippen LogP contribution in [0.3, 0.4) is 0 Å². The smallest absolute Gasteiger partial charge is 0.314 e. The molecule has 2 aliphatic heterocycles. The molecule has 22 heavy (non-hydrogen) atoms. The van der Waals surface area contributed by atoms with Gasteiger partial charge in [0.15, 0.2) is 0 Å². The highest BCUT2D eigenvalue weighted by Gasteiger charge is 2.38. The van der Waals surface area contributed by atoms with Gasteiger partial charge in [-0.3, -0.25) is 9.69 Å². The molecular weight excluding hydrogens is 288 g/mol. The van der Waals surface area contributed by atoms with E-state index in [1.165, 1.54) is 0 Å². The zero-order chi connectivity index (χ0) is 15.8. The van der Waals surface area contributed by atoms with Crippen molar-refractivity contribution in [2.24, 2.45) is 11.1 Å². The van der Waals surface area contributed by atoms with Crippen molar-refractivity contribution >= 4 is 11.9 Å². The maximum absolute atomic E-state index is 11.8. The summed E-state index contributed by atoms with van der Waals surface area (Å²) in [5, 5.41) is 5.57. The van der Waals surface area contributed by atoms with E-state index < -0.39 is 5.41 Å². The average Bonchev–Trinajstić information content (AvgIpc) is 2.55. The fourth-order valence-electron chi connectivity index (χ4n) is 2.74. The second kappa shape index (κ2) is 8.30. The standard InChI is InChI=1S/C14H26N4O4/c15-12(19)14(1-7-21-8-2-14)11-17-13(20)16-3-4-18-5-9-22-10-6-18/h1-11H2,(H2,15,19)(H2,16,17,20). The number of urea groups is 1. The number of hydrogen-bond acceptors (Lipinski definition) is 5. The summed E-state index contributed by atoms with van der Waals surface area (Å²) in [4.78, 5) is 25.8. The lowest BCUT2D eigenvalue weighted by atomic mass is 9.79. The van der Waals surface area contributed by atoms with Crippen molar-refractivity contribution in [3.05, 3.63) is 0 Å². The van der Waals surface area contributed by atoms with Gasteiger partial charge in [-0.15, -0.1) is 0 Å². The van der Waals surface area contributed by atoms with E-state index >= 15 is 0 Å². The minimum atomic E-state index is -0.681. The summed E-state index contributed by atoms with van der Waals surface area (Å²) < 4.78 is 10.5. The van der Waals surface area contributed by atoms with Crippen molar-refractivity contribution in [1.82, 2.24) is 15.5 Å². The predicted molar refractivity (Wildman–Crippen MR) is 80.3 cm³/mol. The number of hydrogen-bond donors (Lipinski definition) is 3. The van der Waals surface area contributed by atoms with E-state index in [1.807, 2.05) is 0 Å². The first kappa shape index (κ1) is 17.0. The number of ether oxygens (including phenoxy) is 2. The number of morpholine rings is 1. The Morgan fingerprint density at radius 2 is 1.68 bits per heavy atom. The van der Waals surface area contributed by atoms with Crippen LogP contribution >= 0.6 is 0 Å². The molecule has 8 heteroatoms. The van der Waals surface area contributed by atoms with E-state index in [-0.39, 0.29) is 18.5 Å². The second-order valence-corrected chi connectivity index (χ2v) is 5.82. The van der Waals surface area contributed by atoms with Gasteiger partial charge in [0.2, 0.25) is 5.91 Å². The molecule has 0 atom stereocenters. The zero-order valence-corrected chi connectivity index (χ0v) is 12.9. The van der Waals surface area contributed by atoms with Crippen LogP contribution in [0.15, 0.2) is 0 Å². The highest BCUT2D eigenvalue weighted by molar-refractivity contribution is 5.82. The Kier molecular flexibility index (Phi) is 6.41. The fourth-order valence-corrected chi connectivity index (χ4v) is 2.74. The molecule has 0 aromatic heterocycles. The van der Waals surface area contributed by atoms with Crippen molar-refractivity contribution in [3.8, 4) is 0 Å². The number of nitrogens with one attached hydrogen (secondary N) is 2. The Hall–Kier alpha value is -1.38. The first-order valence-electron chi connectivity index (χ1n) is 7.82. The topological polar surface area (TPSA) is 106 Å². The molecule has 2 rings (SSSR count). The SMILES string of the molecule is NC(=O)C1(CNC(=O)NCCN2CCOCC2)CCOCC1. The molecule has 2 saturated heterocycles. The summed E-state index contributed by atoms with van der Waals surface area (Å²) in [5.41, 5.74) is 4.82. The van der Waals surface area contributed by atoms with Crippen LogP contribution in [0.4, 0.5) is 4.79 Å². The number of rotatable bonds is 6. The lowest BCUT2D eigenvalue weighted by Crippen LogP contribution is -2.51. The van der Waals surface area contributed by atoms with Crippen LogP contribution in [-0.4, -0.2) is 76.0 Å². The number of carbonyl (C=O) groups excluding carboxylic acids is 2. The van der Waals surface area contributed by atoms with Crippen LogP contribution in [0.1, 0.15) is 12.8 Å². The van der Waals surface area contributed by atoms with Crippen LogP contribution < -0.4 is 16.4 Å². The maximum atomic E-state index is 11.8. The van der Waals surface area contributed by atoms with Gasteiger partial charge in [0.1, 0.15) is 0 Å². The van der Waals surface area contributed by atoms with Gasteiger partial charge < -0.3 is 25.8 Å². The minimum absolute atomic E-state index is 0.259. The highest BCUT2D eigenvalue weighted by atomic mass is 16.5. The first-order valence-corrected chi connectivity index (χ1v) is 7.82. The monoisotopic (exact) mass is 314 g/mol. The fraction of sp³-hybridized carbons (Fsp3) is 0.857. The Bertz CT molecular complexity index is 379. The zero-order valence-electron chi connectivity index (χ0n) is 12.9. The molecule has 0 saturated carbocycles. The summed E-state index contributed by atoms with van der Waals surface area (Å²) >= 11 is 0. The highest BCUT2D eigenvalue weighted by Crippen LogP contribution is 2.29. The van der Waals surface area contributed by atoms with Crippen molar-refractivity contribution in [2.45, 2.75) is 12.8 Å². The summed E-state index contributed by atoms with van der Waals surface area (Å²) in [5.74, 6) is -0.371. The summed E-state index contributed by atoms with van der Waals surface area (Å²) in [6.07, 6.45) is 1.10. The Morgan fingerprint density at radius 3 is 2.32 bits per heavy atom. The molecule has 2 fully saturated rings. The van der Waals surface area contributed by atoms with Gasteiger partial charge in [-0.1, -0.05) is 0 Å². The Morgan fingerprint density at radius 1 is 1.05 bits per heavy atom. The van der Waals surface area contributed by atoms with E-state index in [4.69, 9.17) is 15.2 Å². The van der Waals surface area contributed by atoms with E-state index in [9.17, 15) is 9.59 Å². The average molecular weight is 314 g/mol. The van der Waals surface area contributed by atoms with Gasteiger partial charge in [0, 0.05) is 45.9 Å². The molecule has 2 aliphatic rings. The van der Waals surface area contributed by atoms with Gasteiger partial charge in [-0.2, -0.15) is 0 Å². The molecule has 126 valence electrons. The van der Waals surface area contributed by atoms with Gasteiger partial charge in [0.05, 0.1) is 18.6 Å². The summed E-state index contributed by atoms with van der Waals surface area (Å²) in [6.45, 7) is 5.92. The van der Waals surface area contributed by atoms with Crippen molar-refractivity contribution < 1.29 is 19.1 Å². The third kappa shape index (κ3) is 4.82. The second-order valence-electron chi connectivity index (χ2n) is 5.82. The number of nitrogens with two attached hydrogens (primary N) is 1. The molecule has 4 N–H and O–H groups in total. The van der Waals surface area contributed by atoms with E-state index in [0.29, 0.717) is 32.6 Å². The molecule has 0 bridgehead atoms. The van der Waals surface area contributed by atoms with Gasteiger partial charge >= 0.3 is 6.03 Å². The molecule has 0 unspecified atom stereocenters. The van der Waals surface area contributed by atoms with E-state index in [2.05, 4.69) is 15.5 Å². The molecule has 0 aliphatic carbocycles. The minimum Gasteiger partial charge on any atom is -0.381 e. The van der Waals surface area contributed by atoms with Crippen LogP contribution in [0.25, 0.3) is 0 Å². The quantitative estimate of drug-likeness (QED) is 0.577. The van der Waals surface area contributed by atoms with Gasteiger partial charge in [-0.05, 0) is 12.8 Å². The maximum Gasteiger partial charge on any atom is 0.314 e. The predicted octanol–water partition coefficient (Wildman–Crippen LogP) is -1.10. The van der Waals surface area contributed by atoms with Crippen molar-refractivity contribution in [2.75, 3.05) is 59.2 Å². The number of carbonyl (C=O) groups is 2. The van der Waals surface area contributed by atoms with Crippen LogP contribution in [0.2, 0.25) is 0 Å². The van der Waals surface area contributed by atoms with Crippen molar-refractivity contribution in [3.63, 3.8) is 0 Å². The van der Waals surface area contributed by atoms with Crippen LogP contribution in [0, 0.1) is 5.41 Å². The summed E-state index contributed by atoms with van der Waals surface area (Å²) in [6, 6.07) is -0.264. The number of nitrogens with zero attached hydrogens (tertiary/aromatic N) is 1. The van der Waals surface area contributed by atoms with E-state index in [1.54, 1.807) is 0 Å². The molecule has 0 radical (unpaired) electrons. The number of amides is 3. The van der Waals surface area contributed by atoms with Crippen LogP contribution in [0.5, 0.6) is 0 Å². The largest absolute Gasteiger partial charge is 0.381 e. The molecule has 0 aromatic rings. The van der Waals surface area contributed by atoms with Crippen molar-refractivity contribution in [1.29, 1.82) is 0 Å². The molecule has 0 spiro atoms. The lowest BCUT2D eigenvalue weighted by Gasteiger charge is -2.34. The summed E-state index contributed by atoms with van der Waals surface area (Å²) in [7, 11) is 0. The normalized spacial score (nSPS) is 22.0. The molecule has 0 aromatic carbocycles. The molecule has 2 heterocycles. The van der Waals surface area contributed by atoms with Crippen LogP contribution in [-0.2, 0) is 14.3 Å². The molecule has 3 amide bonds. The van der Waals surface area contributed by atoms with Gasteiger partial charge in [-0.25, -0.2) is 4.79 Å². The first-order chi connectivity index (χ1) is 10.6. The Balaban J connectivity index is 1.66. The lowest BCUT2D eigenvalue weighted by molar-refractivity contribution is -0.132. The third-order valence-electron chi connectivity index (χ3n) is 4.38.